The van der Waals surface area contributed by atoms with E-state index in [4.69, 9.17) is 14.2 Å². The van der Waals surface area contributed by atoms with E-state index < -0.39 is 6.10 Å². The molecule has 1 unspecified atom stereocenters. The van der Waals surface area contributed by atoms with Crippen molar-refractivity contribution < 1.29 is 28.6 Å². The van der Waals surface area contributed by atoms with Gasteiger partial charge in [0.25, 0.3) is 0 Å². The standard InChI is InChI=1S/C77H142O6/c1-4-7-10-13-16-19-21-23-25-27-29-31-33-34-35-36-37-38-39-40-41-42-44-45-47-49-51-53-55-58-61-64-67-70-76(79)82-73-74(72-81-75(78)69-66-63-60-57-18-15-12-9-6-3)83-77(80)71-68-65-62-59-56-54-52-50-48-46-43-32-30-28-26-24-22-20-17-14-11-8-5-2/h7,10,16,19,23,25,29,31,74H,4-6,8-9,11-15,17-18,20-22,24,26-28,30,32-73H2,1-3H3/b10-7-,19-16-,25-23-,31-29-. The number of allylic oxidation sites excluding steroid dienone is 8. The molecule has 0 saturated heterocycles. The van der Waals surface area contributed by atoms with Crippen LogP contribution >= 0.6 is 0 Å². The monoisotopic (exact) mass is 1160 g/mol. The minimum Gasteiger partial charge on any atom is -0.462 e. The average Bonchev–Trinajstić information content (AvgIpc) is 3.49. The number of rotatable bonds is 69. The lowest BCUT2D eigenvalue weighted by Gasteiger charge is -2.18. The molecule has 486 valence electrons. The molecule has 0 radical (unpaired) electrons. The fraction of sp³-hybridized carbons (Fsp3) is 0.857. The van der Waals surface area contributed by atoms with Gasteiger partial charge in [-0.25, -0.2) is 0 Å². The Morgan fingerprint density at radius 3 is 0.735 bits per heavy atom. The van der Waals surface area contributed by atoms with Crippen LogP contribution in [0.5, 0.6) is 0 Å². The van der Waals surface area contributed by atoms with Gasteiger partial charge >= 0.3 is 17.9 Å². The van der Waals surface area contributed by atoms with E-state index in [1.807, 2.05) is 0 Å². The lowest BCUT2D eigenvalue weighted by Crippen LogP contribution is -2.30. The van der Waals surface area contributed by atoms with E-state index in [9.17, 15) is 14.4 Å². The van der Waals surface area contributed by atoms with Gasteiger partial charge in [0.1, 0.15) is 13.2 Å². The van der Waals surface area contributed by atoms with Gasteiger partial charge in [0, 0.05) is 19.3 Å². The van der Waals surface area contributed by atoms with Crippen molar-refractivity contribution in [3.05, 3.63) is 48.6 Å². The Hall–Kier alpha value is -2.63. The predicted octanol–water partition coefficient (Wildman–Crippen LogP) is 25.7. The van der Waals surface area contributed by atoms with Crippen molar-refractivity contribution in [2.45, 2.75) is 412 Å². The van der Waals surface area contributed by atoms with Gasteiger partial charge in [0.05, 0.1) is 0 Å². The van der Waals surface area contributed by atoms with Crippen LogP contribution in [0.25, 0.3) is 0 Å². The topological polar surface area (TPSA) is 78.9 Å². The summed E-state index contributed by atoms with van der Waals surface area (Å²) in [6.45, 7) is 6.59. The molecule has 0 fully saturated rings. The van der Waals surface area contributed by atoms with Crippen molar-refractivity contribution >= 4 is 17.9 Å². The number of hydrogen-bond acceptors (Lipinski definition) is 6. The summed E-state index contributed by atoms with van der Waals surface area (Å²) in [7, 11) is 0. The number of carbonyl (C=O) groups excluding carboxylic acids is 3. The molecule has 83 heavy (non-hydrogen) atoms. The first-order chi connectivity index (χ1) is 41.0. The molecular weight excluding hydrogens is 1020 g/mol. The Kier molecular flexibility index (Phi) is 69.6. The van der Waals surface area contributed by atoms with E-state index in [2.05, 4.69) is 69.4 Å². The normalized spacial score (nSPS) is 12.3. The quantitative estimate of drug-likeness (QED) is 0.0261. The second-order valence-electron chi connectivity index (χ2n) is 25.2. The highest BCUT2D eigenvalue weighted by Crippen LogP contribution is 2.19. The summed E-state index contributed by atoms with van der Waals surface area (Å²) >= 11 is 0. The molecule has 0 aromatic carbocycles. The van der Waals surface area contributed by atoms with Crippen LogP contribution in [-0.4, -0.2) is 37.2 Å². The summed E-state index contributed by atoms with van der Waals surface area (Å²) < 4.78 is 17.0. The van der Waals surface area contributed by atoms with Gasteiger partial charge in [-0.05, 0) is 57.8 Å². The minimum atomic E-state index is -0.767. The molecule has 1 atom stereocenters. The maximum atomic E-state index is 12.9. The molecule has 0 N–H and O–H groups in total. The second-order valence-corrected chi connectivity index (χ2v) is 25.2. The summed E-state index contributed by atoms with van der Waals surface area (Å²) in [5.41, 5.74) is 0. The first kappa shape index (κ1) is 80.4. The molecular formula is C77H142O6. The molecule has 0 rings (SSSR count). The van der Waals surface area contributed by atoms with Crippen molar-refractivity contribution in [1.29, 1.82) is 0 Å². The molecule has 0 aromatic heterocycles. The van der Waals surface area contributed by atoms with Gasteiger partial charge in [-0.15, -0.1) is 0 Å². The molecule has 0 aliphatic carbocycles. The summed E-state index contributed by atoms with van der Waals surface area (Å²) in [6, 6.07) is 0. The van der Waals surface area contributed by atoms with E-state index >= 15 is 0 Å². The van der Waals surface area contributed by atoms with Crippen molar-refractivity contribution in [2.24, 2.45) is 0 Å². The molecule has 0 heterocycles. The largest absolute Gasteiger partial charge is 0.462 e. The Bertz CT molecular complexity index is 1430. The molecule has 0 saturated carbocycles. The van der Waals surface area contributed by atoms with Crippen LogP contribution in [0.15, 0.2) is 48.6 Å². The number of esters is 3. The average molecular weight is 1160 g/mol. The molecule has 6 nitrogen and oxygen atoms in total. The fourth-order valence-electron chi connectivity index (χ4n) is 11.3. The number of carbonyl (C=O) groups is 3. The Balaban J connectivity index is 4.03. The van der Waals surface area contributed by atoms with Crippen molar-refractivity contribution in [2.75, 3.05) is 13.2 Å². The van der Waals surface area contributed by atoms with E-state index in [1.54, 1.807) is 0 Å². The summed E-state index contributed by atoms with van der Waals surface area (Å²) in [5.74, 6) is -0.836. The molecule has 0 spiro atoms. The lowest BCUT2D eigenvalue weighted by molar-refractivity contribution is -0.167. The molecule has 6 heteroatoms. The Morgan fingerprint density at radius 1 is 0.253 bits per heavy atom. The zero-order valence-electron chi connectivity index (χ0n) is 56.0. The van der Waals surface area contributed by atoms with Crippen LogP contribution in [-0.2, 0) is 28.6 Å². The first-order valence-electron chi connectivity index (χ1n) is 37.1. The first-order valence-corrected chi connectivity index (χ1v) is 37.1. The summed E-state index contributed by atoms with van der Waals surface area (Å²) in [5, 5.41) is 0. The van der Waals surface area contributed by atoms with Crippen molar-refractivity contribution in [1.82, 2.24) is 0 Å². The lowest BCUT2D eigenvalue weighted by atomic mass is 10.0. The third-order valence-corrected chi connectivity index (χ3v) is 16.8. The SMILES string of the molecule is CC/C=C\C/C=C\C/C=C\C/C=C\CCCCCCCCCCCCCCCCCCCCCCC(=O)OCC(COC(=O)CCCCCCCCCCC)OC(=O)CCCCCCCCCCCCCCCCCCCCCCCCC. The van der Waals surface area contributed by atoms with E-state index in [-0.39, 0.29) is 31.1 Å². The van der Waals surface area contributed by atoms with Crippen LogP contribution in [0, 0.1) is 0 Å². The third kappa shape index (κ3) is 70.0. The highest BCUT2D eigenvalue weighted by Gasteiger charge is 2.20. The molecule has 0 aliphatic heterocycles. The molecule has 0 amide bonds. The Morgan fingerprint density at radius 2 is 0.470 bits per heavy atom. The highest BCUT2D eigenvalue weighted by atomic mass is 16.6. The van der Waals surface area contributed by atoms with Gasteiger partial charge in [0.2, 0.25) is 0 Å². The van der Waals surface area contributed by atoms with E-state index in [0.29, 0.717) is 19.3 Å². The smallest absolute Gasteiger partial charge is 0.306 e. The molecule has 0 aromatic rings. The van der Waals surface area contributed by atoms with Crippen LogP contribution in [0.1, 0.15) is 406 Å². The number of ether oxygens (including phenoxy) is 3. The van der Waals surface area contributed by atoms with Crippen LogP contribution < -0.4 is 0 Å². The number of hydrogen-bond donors (Lipinski definition) is 0. The summed E-state index contributed by atoms with van der Waals surface area (Å²) in [4.78, 5) is 38.3. The van der Waals surface area contributed by atoms with Gasteiger partial charge in [-0.1, -0.05) is 378 Å². The minimum absolute atomic E-state index is 0.0649. The highest BCUT2D eigenvalue weighted by molar-refractivity contribution is 5.71. The zero-order chi connectivity index (χ0) is 59.9. The van der Waals surface area contributed by atoms with Gasteiger partial charge in [-0.3, -0.25) is 14.4 Å². The van der Waals surface area contributed by atoms with E-state index in [1.165, 1.54) is 283 Å². The van der Waals surface area contributed by atoms with Crippen LogP contribution in [0.3, 0.4) is 0 Å². The predicted molar refractivity (Wildman–Crippen MR) is 362 cm³/mol. The second kappa shape index (κ2) is 71.8. The molecule has 0 bridgehead atoms. The van der Waals surface area contributed by atoms with Gasteiger partial charge in [0.15, 0.2) is 6.10 Å². The van der Waals surface area contributed by atoms with Crippen molar-refractivity contribution in [3.8, 4) is 0 Å². The van der Waals surface area contributed by atoms with Crippen LogP contribution in [0.4, 0.5) is 0 Å². The number of unbranched alkanes of at least 4 members (excludes halogenated alkanes) is 50. The molecule has 0 aliphatic rings. The third-order valence-electron chi connectivity index (χ3n) is 16.8. The fourth-order valence-corrected chi connectivity index (χ4v) is 11.3. The maximum absolute atomic E-state index is 12.9. The van der Waals surface area contributed by atoms with Gasteiger partial charge in [-0.2, -0.15) is 0 Å². The van der Waals surface area contributed by atoms with Gasteiger partial charge < -0.3 is 14.2 Å². The van der Waals surface area contributed by atoms with E-state index in [0.717, 1.165) is 83.5 Å². The van der Waals surface area contributed by atoms with Crippen molar-refractivity contribution in [3.63, 3.8) is 0 Å². The maximum Gasteiger partial charge on any atom is 0.306 e. The van der Waals surface area contributed by atoms with Crippen LogP contribution in [0.2, 0.25) is 0 Å². The zero-order valence-corrected chi connectivity index (χ0v) is 56.0. The summed E-state index contributed by atoms with van der Waals surface area (Å²) in [6.07, 6.45) is 91.8. The Labute approximate surface area is 518 Å².